The van der Waals surface area contributed by atoms with E-state index in [2.05, 4.69) is 5.32 Å². The summed E-state index contributed by atoms with van der Waals surface area (Å²) in [4.78, 5) is 10.8. The maximum atomic E-state index is 10.8. The molecule has 0 aliphatic heterocycles. The van der Waals surface area contributed by atoms with Crippen LogP contribution in [-0.4, -0.2) is 19.0 Å². The van der Waals surface area contributed by atoms with Gasteiger partial charge in [-0.25, -0.2) is 0 Å². The SMILES string of the molecule is CCNC(=O)CC(C)CN. The quantitative estimate of drug-likeness (QED) is 0.588. The third-order valence-electron chi connectivity index (χ3n) is 1.31. The lowest BCUT2D eigenvalue weighted by Gasteiger charge is -2.06. The predicted molar refractivity (Wildman–Crippen MR) is 41.5 cm³/mol. The number of carbonyl (C=O) groups is 1. The second kappa shape index (κ2) is 5.23. The van der Waals surface area contributed by atoms with Gasteiger partial charge in [0.1, 0.15) is 0 Å². The zero-order valence-corrected chi connectivity index (χ0v) is 6.68. The van der Waals surface area contributed by atoms with Crippen molar-refractivity contribution < 1.29 is 4.79 Å². The summed E-state index contributed by atoms with van der Waals surface area (Å²) in [5.41, 5.74) is 5.34. The van der Waals surface area contributed by atoms with Crippen molar-refractivity contribution in [2.45, 2.75) is 20.3 Å². The van der Waals surface area contributed by atoms with Crippen LogP contribution in [0.2, 0.25) is 0 Å². The Bertz CT molecular complexity index is 104. The molecule has 0 heterocycles. The van der Waals surface area contributed by atoms with Crippen LogP contribution in [0.3, 0.4) is 0 Å². The van der Waals surface area contributed by atoms with Crippen LogP contribution >= 0.6 is 0 Å². The van der Waals surface area contributed by atoms with Crippen LogP contribution in [0.1, 0.15) is 20.3 Å². The maximum Gasteiger partial charge on any atom is 0.220 e. The molecule has 0 saturated carbocycles. The first kappa shape index (κ1) is 9.43. The minimum Gasteiger partial charge on any atom is -0.356 e. The molecule has 0 bridgehead atoms. The lowest BCUT2D eigenvalue weighted by atomic mass is 10.1. The second-order valence-corrected chi connectivity index (χ2v) is 2.50. The van der Waals surface area contributed by atoms with Crippen molar-refractivity contribution >= 4 is 5.91 Å². The lowest BCUT2D eigenvalue weighted by Crippen LogP contribution is -2.26. The van der Waals surface area contributed by atoms with Crippen molar-refractivity contribution in [2.24, 2.45) is 11.7 Å². The van der Waals surface area contributed by atoms with Crippen LogP contribution in [0, 0.1) is 5.92 Å². The summed E-state index contributed by atoms with van der Waals surface area (Å²) >= 11 is 0. The van der Waals surface area contributed by atoms with Gasteiger partial charge in [-0.05, 0) is 19.4 Å². The molecule has 0 aromatic carbocycles. The summed E-state index contributed by atoms with van der Waals surface area (Å²) in [6.45, 7) is 5.16. The molecule has 3 nitrogen and oxygen atoms in total. The summed E-state index contributed by atoms with van der Waals surface area (Å²) in [6.07, 6.45) is 0.546. The molecule has 0 saturated heterocycles. The minimum absolute atomic E-state index is 0.0976. The molecule has 10 heavy (non-hydrogen) atoms. The Balaban J connectivity index is 3.37. The van der Waals surface area contributed by atoms with Gasteiger partial charge in [0.05, 0.1) is 0 Å². The molecule has 0 spiro atoms. The molecule has 0 aliphatic carbocycles. The molecule has 1 atom stereocenters. The van der Waals surface area contributed by atoms with E-state index in [1.54, 1.807) is 0 Å². The summed E-state index contributed by atoms with van der Waals surface area (Å²) in [7, 11) is 0. The Labute approximate surface area is 62.0 Å². The molecule has 0 rings (SSSR count). The fourth-order valence-electron chi connectivity index (χ4n) is 0.669. The van der Waals surface area contributed by atoms with Gasteiger partial charge < -0.3 is 11.1 Å². The van der Waals surface area contributed by atoms with Crippen LogP contribution < -0.4 is 11.1 Å². The predicted octanol–water partition coefficient (Wildman–Crippen LogP) is 0.107. The monoisotopic (exact) mass is 144 g/mol. The van der Waals surface area contributed by atoms with E-state index < -0.39 is 0 Å². The molecule has 0 aromatic rings. The Kier molecular flexibility index (Phi) is 4.94. The van der Waals surface area contributed by atoms with Crippen LogP contribution in [-0.2, 0) is 4.79 Å². The average Bonchev–Trinajstić information content (AvgIpc) is 1.88. The molecule has 0 aliphatic rings. The van der Waals surface area contributed by atoms with Gasteiger partial charge in [-0.1, -0.05) is 6.92 Å². The van der Waals surface area contributed by atoms with Gasteiger partial charge in [0, 0.05) is 13.0 Å². The highest BCUT2D eigenvalue weighted by atomic mass is 16.1. The van der Waals surface area contributed by atoms with E-state index in [0.29, 0.717) is 25.4 Å². The fraction of sp³-hybridized carbons (Fsp3) is 0.857. The second-order valence-electron chi connectivity index (χ2n) is 2.50. The number of hydrogen-bond acceptors (Lipinski definition) is 2. The van der Waals surface area contributed by atoms with E-state index in [1.807, 2.05) is 13.8 Å². The topological polar surface area (TPSA) is 55.1 Å². The molecule has 0 aromatic heterocycles. The first-order valence-corrected chi connectivity index (χ1v) is 3.67. The number of hydrogen-bond donors (Lipinski definition) is 2. The molecule has 3 heteroatoms. The van der Waals surface area contributed by atoms with Crippen LogP contribution in [0.15, 0.2) is 0 Å². The first-order chi connectivity index (χ1) is 4.70. The van der Waals surface area contributed by atoms with Gasteiger partial charge in [-0.2, -0.15) is 0 Å². The Morgan fingerprint density at radius 2 is 2.30 bits per heavy atom. The van der Waals surface area contributed by atoms with Crippen molar-refractivity contribution in [3.8, 4) is 0 Å². The largest absolute Gasteiger partial charge is 0.356 e. The number of nitrogens with two attached hydrogens (primary N) is 1. The van der Waals surface area contributed by atoms with Gasteiger partial charge in [0.25, 0.3) is 0 Å². The molecule has 3 N–H and O–H groups in total. The van der Waals surface area contributed by atoms with Gasteiger partial charge >= 0.3 is 0 Å². The van der Waals surface area contributed by atoms with Crippen molar-refractivity contribution in [3.63, 3.8) is 0 Å². The number of rotatable bonds is 4. The van der Waals surface area contributed by atoms with Crippen molar-refractivity contribution in [1.29, 1.82) is 0 Å². The fourth-order valence-corrected chi connectivity index (χ4v) is 0.669. The van der Waals surface area contributed by atoms with E-state index in [-0.39, 0.29) is 5.91 Å². The standard InChI is InChI=1S/C7H16N2O/c1-3-9-7(10)4-6(2)5-8/h6H,3-5,8H2,1-2H3,(H,9,10). The van der Waals surface area contributed by atoms with E-state index in [4.69, 9.17) is 5.73 Å². The number of carbonyl (C=O) groups excluding carboxylic acids is 1. The molecule has 0 fully saturated rings. The van der Waals surface area contributed by atoms with Crippen LogP contribution in [0.5, 0.6) is 0 Å². The van der Waals surface area contributed by atoms with Crippen molar-refractivity contribution in [3.05, 3.63) is 0 Å². The number of amides is 1. The van der Waals surface area contributed by atoms with Crippen LogP contribution in [0.4, 0.5) is 0 Å². The molecular weight excluding hydrogens is 128 g/mol. The molecule has 0 radical (unpaired) electrons. The highest BCUT2D eigenvalue weighted by molar-refractivity contribution is 5.75. The zero-order chi connectivity index (χ0) is 7.98. The van der Waals surface area contributed by atoms with Gasteiger partial charge in [-0.3, -0.25) is 4.79 Å². The van der Waals surface area contributed by atoms with Gasteiger partial charge in [-0.15, -0.1) is 0 Å². The van der Waals surface area contributed by atoms with E-state index in [0.717, 1.165) is 0 Å². The van der Waals surface area contributed by atoms with Gasteiger partial charge in [0.2, 0.25) is 5.91 Å². The summed E-state index contributed by atoms with van der Waals surface area (Å²) in [5.74, 6) is 0.395. The minimum atomic E-state index is 0.0976. The van der Waals surface area contributed by atoms with Crippen LogP contribution in [0.25, 0.3) is 0 Å². The third kappa shape index (κ3) is 4.32. The molecule has 1 unspecified atom stereocenters. The lowest BCUT2D eigenvalue weighted by molar-refractivity contribution is -0.121. The first-order valence-electron chi connectivity index (χ1n) is 3.67. The van der Waals surface area contributed by atoms with Gasteiger partial charge in [0.15, 0.2) is 0 Å². The Hall–Kier alpha value is -0.570. The van der Waals surface area contributed by atoms with E-state index in [9.17, 15) is 4.79 Å². The van der Waals surface area contributed by atoms with E-state index in [1.165, 1.54) is 0 Å². The maximum absolute atomic E-state index is 10.8. The highest BCUT2D eigenvalue weighted by Crippen LogP contribution is 1.97. The van der Waals surface area contributed by atoms with Crippen molar-refractivity contribution in [1.82, 2.24) is 5.32 Å². The normalized spacial score (nSPS) is 12.7. The molecule has 1 amide bonds. The van der Waals surface area contributed by atoms with E-state index >= 15 is 0 Å². The summed E-state index contributed by atoms with van der Waals surface area (Å²) in [6, 6.07) is 0. The number of nitrogens with one attached hydrogen (secondary N) is 1. The smallest absolute Gasteiger partial charge is 0.220 e. The average molecular weight is 144 g/mol. The summed E-state index contributed by atoms with van der Waals surface area (Å²) < 4.78 is 0. The summed E-state index contributed by atoms with van der Waals surface area (Å²) in [5, 5.41) is 2.72. The zero-order valence-electron chi connectivity index (χ0n) is 6.68. The Morgan fingerprint density at radius 1 is 1.70 bits per heavy atom. The third-order valence-corrected chi connectivity index (χ3v) is 1.31. The Morgan fingerprint density at radius 3 is 2.70 bits per heavy atom. The molecular formula is C7H16N2O. The molecule has 60 valence electrons. The van der Waals surface area contributed by atoms with Crippen molar-refractivity contribution in [2.75, 3.05) is 13.1 Å². The highest BCUT2D eigenvalue weighted by Gasteiger charge is 2.04.